The molecule has 1 N–H and O–H groups in total. The van der Waals surface area contributed by atoms with Crippen LogP contribution in [-0.2, 0) is 6.54 Å². The number of pyridine rings is 1. The van der Waals surface area contributed by atoms with Crippen LogP contribution >= 0.6 is 11.3 Å². The van der Waals surface area contributed by atoms with Crippen molar-refractivity contribution in [1.29, 1.82) is 0 Å². The monoisotopic (exact) mass is 353 g/mol. The zero-order valence-electron chi connectivity index (χ0n) is 13.6. The zero-order chi connectivity index (χ0) is 17.4. The van der Waals surface area contributed by atoms with Crippen molar-refractivity contribution in [3.63, 3.8) is 0 Å². The van der Waals surface area contributed by atoms with Gasteiger partial charge in [-0.1, -0.05) is 12.1 Å². The Kier molecular flexibility index (Phi) is 3.97. The lowest BCUT2D eigenvalue weighted by Crippen LogP contribution is -2.31. The maximum atomic E-state index is 13.9. The van der Waals surface area contributed by atoms with Gasteiger partial charge in [0.05, 0.1) is 17.8 Å². The van der Waals surface area contributed by atoms with E-state index < -0.39 is 6.17 Å². The van der Waals surface area contributed by atoms with Gasteiger partial charge in [-0.2, -0.15) is 0 Å². The first kappa shape index (κ1) is 15.8. The maximum absolute atomic E-state index is 13.9. The molecular formula is C19H16FN3OS. The van der Waals surface area contributed by atoms with Gasteiger partial charge in [0.2, 0.25) is 0 Å². The quantitative estimate of drug-likeness (QED) is 0.758. The van der Waals surface area contributed by atoms with Gasteiger partial charge in [-0.3, -0.25) is 9.78 Å². The van der Waals surface area contributed by atoms with Gasteiger partial charge in [0.15, 0.2) is 0 Å². The van der Waals surface area contributed by atoms with E-state index in [0.717, 1.165) is 4.88 Å². The number of nitrogens with one attached hydrogen (secondary N) is 1. The average Bonchev–Trinajstić information content (AvgIpc) is 3.21. The molecule has 126 valence electrons. The largest absolute Gasteiger partial charge is 0.360 e. The van der Waals surface area contributed by atoms with Gasteiger partial charge in [0.25, 0.3) is 5.91 Å². The number of rotatable bonds is 4. The number of carbonyl (C=O) groups excluding carboxylic acids is 1. The molecule has 3 aromatic rings. The van der Waals surface area contributed by atoms with Gasteiger partial charge in [-0.15, -0.1) is 11.3 Å². The van der Waals surface area contributed by atoms with E-state index in [4.69, 9.17) is 0 Å². The number of anilines is 1. The average molecular weight is 353 g/mol. The van der Waals surface area contributed by atoms with Crippen molar-refractivity contribution < 1.29 is 9.18 Å². The summed E-state index contributed by atoms with van der Waals surface area (Å²) < 4.78 is 13.9. The number of halogens is 1. The summed E-state index contributed by atoms with van der Waals surface area (Å²) in [7, 11) is 0. The Morgan fingerprint density at radius 3 is 2.92 bits per heavy atom. The molecule has 0 saturated carbocycles. The van der Waals surface area contributed by atoms with Crippen molar-refractivity contribution in [2.24, 2.45) is 0 Å². The van der Waals surface area contributed by atoms with Crippen LogP contribution in [0.1, 0.15) is 32.7 Å². The molecule has 1 unspecified atom stereocenters. The molecule has 1 aromatic carbocycles. The molecule has 1 amide bonds. The van der Waals surface area contributed by atoms with Crippen LogP contribution in [0, 0.1) is 12.7 Å². The summed E-state index contributed by atoms with van der Waals surface area (Å²) in [5.41, 5.74) is 2.46. The number of aryl methyl sites for hydroxylation is 1. The highest BCUT2D eigenvalue weighted by molar-refractivity contribution is 7.09. The third-order valence-electron chi connectivity index (χ3n) is 4.28. The van der Waals surface area contributed by atoms with Crippen LogP contribution < -0.4 is 5.32 Å². The number of aromatic nitrogens is 1. The summed E-state index contributed by atoms with van der Waals surface area (Å²) in [6, 6.07) is 12.5. The van der Waals surface area contributed by atoms with Crippen molar-refractivity contribution >= 4 is 22.9 Å². The smallest absolute Gasteiger partial charge is 0.258 e. The molecular weight excluding hydrogens is 337 g/mol. The molecule has 4 nitrogen and oxygen atoms in total. The minimum Gasteiger partial charge on any atom is -0.360 e. The summed E-state index contributed by atoms with van der Waals surface area (Å²) in [6.07, 6.45) is 1.25. The summed E-state index contributed by atoms with van der Waals surface area (Å²) in [5.74, 6) is -0.345. The molecule has 25 heavy (non-hydrogen) atoms. The van der Waals surface area contributed by atoms with Crippen molar-refractivity contribution in [2.75, 3.05) is 5.32 Å². The lowest BCUT2D eigenvalue weighted by molar-refractivity contribution is 0.0729. The molecule has 2 aromatic heterocycles. The predicted molar refractivity (Wildman–Crippen MR) is 95.9 cm³/mol. The molecule has 1 atom stereocenters. The number of benzene rings is 1. The number of thiophene rings is 1. The summed E-state index contributed by atoms with van der Waals surface area (Å²) in [4.78, 5) is 20.0. The second-order valence-corrected chi connectivity index (χ2v) is 6.99. The van der Waals surface area contributed by atoms with Gasteiger partial charge >= 0.3 is 0 Å². The third kappa shape index (κ3) is 2.89. The standard InChI is InChI=1S/C19H16FN3OS/c1-12-6-7-13(10-16(12)20)22-18-17-15(5-2-8-21-17)19(24)23(18)11-14-4-3-9-25-14/h2-10,18,22H,11H2,1H3. The van der Waals surface area contributed by atoms with Gasteiger partial charge < -0.3 is 10.2 Å². The van der Waals surface area contributed by atoms with Crippen LogP contribution in [0.4, 0.5) is 10.1 Å². The fourth-order valence-electron chi connectivity index (χ4n) is 2.96. The van der Waals surface area contributed by atoms with Crippen LogP contribution in [0.15, 0.2) is 54.0 Å². The molecule has 0 saturated heterocycles. The van der Waals surface area contributed by atoms with Crippen molar-refractivity contribution in [3.8, 4) is 0 Å². The Labute approximate surface area is 148 Å². The molecule has 3 heterocycles. The molecule has 6 heteroatoms. The zero-order valence-corrected chi connectivity index (χ0v) is 14.4. The predicted octanol–water partition coefficient (Wildman–Crippen LogP) is 4.36. The number of amides is 1. The SMILES string of the molecule is Cc1ccc(NC2c3ncccc3C(=O)N2Cc2cccs2)cc1F. The Morgan fingerprint density at radius 2 is 2.16 bits per heavy atom. The lowest BCUT2D eigenvalue weighted by Gasteiger charge is -2.26. The maximum Gasteiger partial charge on any atom is 0.258 e. The van der Waals surface area contributed by atoms with Crippen LogP contribution in [0.2, 0.25) is 0 Å². The van der Waals surface area contributed by atoms with Gasteiger partial charge in [-0.05, 0) is 48.2 Å². The normalized spacial score (nSPS) is 16.2. The fourth-order valence-corrected chi connectivity index (χ4v) is 3.66. The van der Waals surface area contributed by atoms with E-state index in [1.54, 1.807) is 47.6 Å². The summed E-state index contributed by atoms with van der Waals surface area (Å²) >= 11 is 1.60. The molecule has 1 aliphatic heterocycles. The number of hydrogen-bond donors (Lipinski definition) is 1. The number of nitrogens with zero attached hydrogens (tertiary/aromatic N) is 2. The van der Waals surface area contributed by atoms with E-state index in [1.165, 1.54) is 6.07 Å². The van der Waals surface area contributed by atoms with Gasteiger partial charge in [-0.25, -0.2) is 4.39 Å². The molecule has 0 aliphatic carbocycles. The molecule has 0 radical (unpaired) electrons. The highest BCUT2D eigenvalue weighted by Gasteiger charge is 2.38. The molecule has 0 bridgehead atoms. The van der Waals surface area contributed by atoms with Crippen molar-refractivity contribution in [2.45, 2.75) is 19.6 Å². The van der Waals surface area contributed by atoms with Gasteiger partial charge in [0.1, 0.15) is 12.0 Å². The second kappa shape index (κ2) is 6.29. The molecule has 1 aliphatic rings. The van der Waals surface area contributed by atoms with E-state index in [2.05, 4.69) is 10.3 Å². The highest BCUT2D eigenvalue weighted by atomic mass is 32.1. The van der Waals surface area contributed by atoms with E-state index in [0.29, 0.717) is 29.1 Å². The Hall–Kier alpha value is -2.73. The lowest BCUT2D eigenvalue weighted by atomic mass is 10.2. The van der Waals surface area contributed by atoms with E-state index >= 15 is 0 Å². The Balaban J connectivity index is 1.70. The molecule has 4 rings (SSSR count). The fraction of sp³-hybridized carbons (Fsp3) is 0.158. The Morgan fingerprint density at radius 1 is 1.28 bits per heavy atom. The van der Waals surface area contributed by atoms with Gasteiger partial charge in [0, 0.05) is 16.8 Å². The minimum atomic E-state index is -0.423. The summed E-state index contributed by atoms with van der Waals surface area (Å²) in [6.45, 7) is 2.21. The number of carbonyl (C=O) groups is 1. The van der Waals surface area contributed by atoms with Crippen molar-refractivity contribution in [3.05, 3.63) is 81.6 Å². The van der Waals surface area contributed by atoms with E-state index in [-0.39, 0.29) is 11.7 Å². The van der Waals surface area contributed by atoms with E-state index in [9.17, 15) is 9.18 Å². The second-order valence-electron chi connectivity index (χ2n) is 5.96. The van der Waals surface area contributed by atoms with Crippen LogP contribution in [0.5, 0.6) is 0 Å². The van der Waals surface area contributed by atoms with Crippen LogP contribution in [-0.4, -0.2) is 15.8 Å². The van der Waals surface area contributed by atoms with Crippen LogP contribution in [0.25, 0.3) is 0 Å². The van der Waals surface area contributed by atoms with Crippen molar-refractivity contribution in [1.82, 2.24) is 9.88 Å². The topological polar surface area (TPSA) is 45.2 Å². The Bertz CT molecular complexity index is 926. The minimum absolute atomic E-state index is 0.0680. The summed E-state index contributed by atoms with van der Waals surface area (Å²) in [5, 5.41) is 5.25. The van der Waals surface area contributed by atoms with Crippen LogP contribution in [0.3, 0.4) is 0 Å². The molecule has 0 fully saturated rings. The first-order valence-corrected chi connectivity index (χ1v) is 8.82. The van der Waals surface area contributed by atoms with E-state index in [1.807, 2.05) is 23.6 Å². The first-order chi connectivity index (χ1) is 12.1. The number of fused-ring (bicyclic) bond motifs is 1. The number of hydrogen-bond acceptors (Lipinski definition) is 4. The molecule has 0 spiro atoms. The first-order valence-electron chi connectivity index (χ1n) is 7.94. The third-order valence-corrected chi connectivity index (χ3v) is 5.14. The highest BCUT2D eigenvalue weighted by Crippen LogP contribution is 2.34.